The molecule has 0 aliphatic heterocycles. The number of aliphatic hydroxyl groups excluding tert-OH is 1. The maximum absolute atomic E-state index is 12.2. The highest BCUT2D eigenvalue weighted by Crippen LogP contribution is 2.17. The maximum atomic E-state index is 12.2. The lowest BCUT2D eigenvalue weighted by Gasteiger charge is -2.28. The Morgan fingerprint density at radius 3 is 2.50 bits per heavy atom. The molecule has 0 aromatic heterocycles. The Labute approximate surface area is 107 Å². The highest BCUT2D eigenvalue weighted by molar-refractivity contribution is 5.82. The van der Waals surface area contributed by atoms with E-state index in [4.69, 9.17) is 5.26 Å². The molecule has 0 aliphatic rings. The number of hydrogen-bond donors (Lipinski definition) is 1. The van der Waals surface area contributed by atoms with Gasteiger partial charge in [0, 0.05) is 12.6 Å². The summed E-state index contributed by atoms with van der Waals surface area (Å²) in [6.07, 6.45) is -0.891. The molecule has 0 spiro atoms. The summed E-state index contributed by atoms with van der Waals surface area (Å²) in [7, 11) is 0. The molecule has 1 N–H and O–H groups in total. The number of carbonyl (C=O) groups is 1. The quantitative estimate of drug-likeness (QED) is 0.862. The van der Waals surface area contributed by atoms with Gasteiger partial charge < -0.3 is 10.0 Å². The Morgan fingerprint density at radius 1 is 1.39 bits per heavy atom. The van der Waals surface area contributed by atoms with E-state index in [0.717, 1.165) is 0 Å². The summed E-state index contributed by atoms with van der Waals surface area (Å²) in [5.41, 5.74) is 0.574. The lowest BCUT2D eigenvalue weighted by Crippen LogP contribution is -2.40. The molecule has 4 heteroatoms. The third-order valence-corrected chi connectivity index (χ3v) is 2.72. The molecule has 0 fully saturated rings. The second kappa shape index (κ2) is 6.77. The number of amides is 1. The minimum Gasteiger partial charge on any atom is -0.378 e. The normalized spacial score (nSPS) is 11.9. The predicted molar refractivity (Wildman–Crippen MR) is 68.5 cm³/mol. The van der Waals surface area contributed by atoms with E-state index >= 15 is 0 Å². The van der Waals surface area contributed by atoms with E-state index in [-0.39, 0.29) is 18.4 Å². The van der Waals surface area contributed by atoms with Gasteiger partial charge in [0.1, 0.15) is 0 Å². The highest BCUT2D eigenvalue weighted by Gasteiger charge is 2.25. The Kier molecular flexibility index (Phi) is 5.34. The van der Waals surface area contributed by atoms with Crippen molar-refractivity contribution in [3.8, 4) is 6.07 Å². The number of rotatable bonds is 5. The standard InChI is InChI=1S/C14H18N2O2/c1-11(2)16(10-6-9-15)14(18)13(17)12-7-4-3-5-8-12/h3-5,7-8,11,13,17H,6,10H2,1-2H3. The smallest absolute Gasteiger partial charge is 0.256 e. The van der Waals surface area contributed by atoms with E-state index in [2.05, 4.69) is 0 Å². The third kappa shape index (κ3) is 3.57. The second-order valence-electron chi connectivity index (χ2n) is 4.35. The molecule has 18 heavy (non-hydrogen) atoms. The maximum Gasteiger partial charge on any atom is 0.256 e. The molecule has 0 saturated carbocycles. The first kappa shape index (κ1) is 14.2. The molecule has 1 atom stereocenters. The van der Waals surface area contributed by atoms with E-state index in [1.54, 1.807) is 24.3 Å². The summed E-state index contributed by atoms with van der Waals surface area (Å²) in [4.78, 5) is 13.7. The van der Waals surface area contributed by atoms with Gasteiger partial charge in [-0.1, -0.05) is 30.3 Å². The van der Waals surface area contributed by atoms with Gasteiger partial charge in [0.2, 0.25) is 0 Å². The molecule has 1 rings (SSSR count). The van der Waals surface area contributed by atoms with Crippen LogP contribution < -0.4 is 0 Å². The molecule has 1 unspecified atom stereocenters. The fourth-order valence-electron chi connectivity index (χ4n) is 1.73. The third-order valence-electron chi connectivity index (χ3n) is 2.72. The number of nitriles is 1. The van der Waals surface area contributed by atoms with Gasteiger partial charge in [-0.2, -0.15) is 5.26 Å². The van der Waals surface area contributed by atoms with Crippen molar-refractivity contribution >= 4 is 5.91 Å². The van der Waals surface area contributed by atoms with Crippen molar-refractivity contribution < 1.29 is 9.90 Å². The van der Waals surface area contributed by atoms with Crippen molar-refractivity contribution in [3.05, 3.63) is 35.9 Å². The first-order chi connectivity index (χ1) is 8.57. The first-order valence-corrected chi connectivity index (χ1v) is 5.98. The Morgan fingerprint density at radius 2 is 2.00 bits per heavy atom. The second-order valence-corrected chi connectivity index (χ2v) is 4.35. The van der Waals surface area contributed by atoms with Crippen LogP contribution in [0.25, 0.3) is 0 Å². The van der Waals surface area contributed by atoms with Crippen LogP contribution in [0.1, 0.15) is 31.9 Å². The molecule has 0 heterocycles. The van der Waals surface area contributed by atoms with Gasteiger partial charge in [0.05, 0.1) is 12.5 Å². The predicted octanol–water partition coefficient (Wildman–Crippen LogP) is 1.87. The van der Waals surface area contributed by atoms with Crippen molar-refractivity contribution in [2.24, 2.45) is 0 Å². The molecule has 1 aromatic rings. The number of benzene rings is 1. The van der Waals surface area contributed by atoms with Crippen molar-refractivity contribution in [2.45, 2.75) is 32.4 Å². The fourth-order valence-corrected chi connectivity index (χ4v) is 1.73. The zero-order chi connectivity index (χ0) is 13.5. The Bertz CT molecular complexity index is 423. The molecule has 0 radical (unpaired) electrons. The minimum atomic E-state index is -1.16. The van der Waals surface area contributed by atoms with Gasteiger partial charge in [-0.3, -0.25) is 4.79 Å². The van der Waals surface area contributed by atoms with E-state index in [9.17, 15) is 9.90 Å². The van der Waals surface area contributed by atoms with E-state index < -0.39 is 6.10 Å². The molecule has 1 aromatic carbocycles. The Balaban J connectivity index is 2.80. The number of hydrogen-bond acceptors (Lipinski definition) is 3. The molecule has 1 amide bonds. The van der Waals surface area contributed by atoms with Gasteiger partial charge in [-0.25, -0.2) is 0 Å². The summed E-state index contributed by atoms with van der Waals surface area (Å²) in [5.74, 6) is -0.355. The molecule has 0 bridgehead atoms. The van der Waals surface area contributed by atoms with Gasteiger partial charge in [0.25, 0.3) is 5.91 Å². The molecule has 96 valence electrons. The van der Waals surface area contributed by atoms with Crippen LogP contribution in [0.15, 0.2) is 30.3 Å². The van der Waals surface area contributed by atoms with Crippen LogP contribution in [-0.4, -0.2) is 28.5 Å². The Hall–Kier alpha value is -1.86. The van der Waals surface area contributed by atoms with Gasteiger partial charge >= 0.3 is 0 Å². The van der Waals surface area contributed by atoms with Crippen molar-refractivity contribution in [1.29, 1.82) is 5.26 Å². The molecule has 0 aliphatic carbocycles. The van der Waals surface area contributed by atoms with E-state index in [1.165, 1.54) is 4.90 Å². The van der Waals surface area contributed by atoms with Gasteiger partial charge in [-0.15, -0.1) is 0 Å². The average Bonchev–Trinajstić information content (AvgIpc) is 2.38. The molecular formula is C14H18N2O2. The average molecular weight is 246 g/mol. The van der Waals surface area contributed by atoms with Gasteiger partial charge in [0.15, 0.2) is 6.10 Å². The van der Waals surface area contributed by atoms with Crippen molar-refractivity contribution in [3.63, 3.8) is 0 Å². The number of nitrogens with zero attached hydrogens (tertiary/aromatic N) is 2. The summed E-state index contributed by atoms with van der Waals surface area (Å²) >= 11 is 0. The van der Waals surface area contributed by atoms with Crippen molar-refractivity contribution in [1.82, 2.24) is 4.90 Å². The monoisotopic (exact) mass is 246 g/mol. The lowest BCUT2D eigenvalue weighted by atomic mass is 10.1. The van der Waals surface area contributed by atoms with Crippen molar-refractivity contribution in [2.75, 3.05) is 6.54 Å². The van der Waals surface area contributed by atoms with E-state index in [1.807, 2.05) is 26.0 Å². The lowest BCUT2D eigenvalue weighted by molar-refractivity contribution is -0.142. The molecule has 4 nitrogen and oxygen atoms in total. The highest BCUT2D eigenvalue weighted by atomic mass is 16.3. The van der Waals surface area contributed by atoms with Crippen LogP contribution >= 0.6 is 0 Å². The van der Waals surface area contributed by atoms with Crippen LogP contribution in [0.3, 0.4) is 0 Å². The SMILES string of the molecule is CC(C)N(CCC#N)C(=O)C(O)c1ccccc1. The van der Waals surface area contributed by atoms with Crippen LogP contribution in [0, 0.1) is 11.3 Å². The summed E-state index contributed by atoms with van der Waals surface area (Å²) in [6.45, 7) is 4.08. The number of aliphatic hydroxyl groups is 1. The fraction of sp³-hybridized carbons (Fsp3) is 0.429. The first-order valence-electron chi connectivity index (χ1n) is 5.98. The zero-order valence-corrected chi connectivity index (χ0v) is 10.7. The van der Waals surface area contributed by atoms with Crippen LogP contribution in [-0.2, 0) is 4.79 Å². The van der Waals surface area contributed by atoms with Crippen LogP contribution in [0.5, 0.6) is 0 Å². The van der Waals surface area contributed by atoms with Crippen LogP contribution in [0.4, 0.5) is 0 Å². The van der Waals surface area contributed by atoms with E-state index in [0.29, 0.717) is 12.1 Å². The summed E-state index contributed by atoms with van der Waals surface area (Å²) in [5, 5.41) is 18.6. The van der Waals surface area contributed by atoms with Gasteiger partial charge in [-0.05, 0) is 19.4 Å². The summed E-state index contributed by atoms with van der Waals surface area (Å²) < 4.78 is 0. The minimum absolute atomic E-state index is 0.0378. The number of carbonyl (C=O) groups excluding carboxylic acids is 1. The zero-order valence-electron chi connectivity index (χ0n) is 10.7. The molecular weight excluding hydrogens is 228 g/mol. The topological polar surface area (TPSA) is 64.3 Å². The summed E-state index contributed by atoms with van der Waals surface area (Å²) in [6, 6.07) is 10.8. The molecule has 0 saturated heterocycles. The van der Waals surface area contributed by atoms with Crippen LogP contribution in [0.2, 0.25) is 0 Å². The largest absolute Gasteiger partial charge is 0.378 e.